The van der Waals surface area contributed by atoms with Crippen molar-refractivity contribution in [3.63, 3.8) is 0 Å². The minimum absolute atomic E-state index is 0.129. The molecule has 3 heteroatoms. The van der Waals surface area contributed by atoms with Gasteiger partial charge in [-0.1, -0.05) is 67.1 Å². The molecule has 2 aromatic rings. The molecule has 1 fully saturated rings. The fourth-order valence-electron chi connectivity index (χ4n) is 3.49. The van der Waals surface area contributed by atoms with Gasteiger partial charge in [-0.15, -0.1) is 0 Å². The summed E-state index contributed by atoms with van der Waals surface area (Å²) >= 11 is 0. The molecule has 0 spiro atoms. The van der Waals surface area contributed by atoms with Gasteiger partial charge in [0.2, 0.25) is 0 Å². The smallest absolute Gasteiger partial charge is 0.156 e. The van der Waals surface area contributed by atoms with Gasteiger partial charge in [0.05, 0.1) is 0 Å². The second-order valence-corrected chi connectivity index (χ2v) is 8.65. The second kappa shape index (κ2) is 8.05. The van der Waals surface area contributed by atoms with E-state index in [1.165, 1.54) is 16.7 Å². The summed E-state index contributed by atoms with van der Waals surface area (Å²) in [5, 5.41) is 3.42. The van der Waals surface area contributed by atoms with E-state index in [-0.39, 0.29) is 5.92 Å². The summed E-state index contributed by atoms with van der Waals surface area (Å²) in [5.41, 5.74) is 4.74. The zero-order valence-electron chi connectivity index (χ0n) is 14.5. The highest BCUT2D eigenvalue weighted by molar-refractivity contribution is 7.58. The Morgan fingerprint density at radius 3 is 2.54 bits per heavy atom. The van der Waals surface area contributed by atoms with Crippen molar-refractivity contribution < 1.29 is 4.79 Å². The molecule has 4 unspecified atom stereocenters. The van der Waals surface area contributed by atoms with Crippen LogP contribution in [0, 0.1) is 12.8 Å². The quantitative estimate of drug-likeness (QED) is 0.802. The predicted molar refractivity (Wildman–Crippen MR) is 103 cm³/mol. The molecule has 2 nitrogen and oxygen atoms in total. The molecule has 4 atom stereocenters. The fourth-order valence-corrected chi connectivity index (χ4v) is 4.83. The van der Waals surface area contributed by atoms with Gasteiger partial charge in [0.25, 0.3) is 0 Å². The number of hydrogen-bond acceptors (Lipinski definition) is 2. The van der Waals surface area contributed by atoms with Gasteiger partial charge in [0.15, 0.2) is 5.52 Å². The third-order valence-corrected chi connectivity index (χ3v) is 6.18. The first-order valence-corrected chi connectivity index (χ1v) is 9.83. The van der Waals surface area contributed by atoms with Gasteiger partial charge >= 0.3 is 0 Å². The van der Waals surface area contributed by atoms with Crippen LogP contribution in [-0.2, 0) is 11.2 Å². The van der Waals surface area contributed by atoms with Crippen molar-refractivity contribution in [1.82, 2.24) is 5.32 Å². The average molecular weight is 339 g/mol. The number of carbonyl (C=O) groups is 1. The molecule has 0 bridgehead atoms. The Bertz CT molecular complexity index is 668. The third kappa shape index (κ3) is 4.32. The van der Waals surface area contributed by atoms with Gasteiger partial charge in [-0.2, -0.15) is 0 Å². The van der Waals surface area contributed by atoms with E-state index in [9.17, 15) is 4.79 Å². The Hall–Kier alpha value is -1.50. The fraction of sp³-hybridized carbons (Fsp3) is 0.381. The summed E-state index contributed by atoms with van der Waals surface area (Å²) in [4.78, 5) is 12.9. The lowest BCUT2D eigenvalue weighted by atomic mass is 9.89. The van der Waals surface area contributed by atoms with Crippen LogP contribution in [0.1, 0.15) is 29.5 Å². The highest BCUT2D eigenvalue weighted by Crippen LogP contribution is 2.36. The van der Waals surface area contributed by atoms with Crippen LogP contribution in [0.25, 0.3) is 0 Å². The molecule has 0 amide bonds. The number of benzene rings is 2. The van der Waals surface area contributed by atoms with Gasteiger partial charge in [0.1, 0.15) is 0 Å². The summed E-state index contributed by atoms with van der Waals surface area (Å²) in [5.74, 6) is 0.457. The third-order valence-electron chi connectivity index (χ3n) is 4.83. The SMILES string of the molecule is Cc1ccc(C2CNCC2C(=O)PC(C)Cc2ccccc2)cc1. The number of hydrogen-bond donors (Lipinski definition) is 1. The minimum atomic E-state index is 0.129. The van der Waals surface area contributed by atoms with Gasteiger partial charge in [-0.05, 0) is 38.7 Å². The monoisotopic (exact) mass is 339 g/mol. The molecule has 3 rings (SSSR count). The lowest BCUT2D eigenvalue weighted by Crippen LogP contribution is -2.20. The molecule has 0 saturated carbocycles. The molecule has 1 aliphatic rings. The number of aryl methyl sites for hydroxylation is 1. The van der Waals surface area contributed by atoms with Gasteiger partial charge < -0.3 is 5.32 Å². The van der Waals surface area contributed by atoms with Crippen LogP contribution in [0.4, 0.5) is 0 Å². The van der Waals surface area contributed by atoms with E-state index in [1.54, 1.807) is 0 Å². The zero-order valence-corrected chi connectivity index (χ0v) is 15.5. The Balaban J connectivity index is 1.62. The van der Waals surface area contributed by atoms with Crippen molar-refractivity contribution in [2.24, 2.45) is 5.92 Å². The van der Waals surface area contributed by atoms with Crippen LogP contribution >= 0.6 is 8.58 Å². The molecule has 0 radical (unpaired) electrons. The van der Waals surface area contributed by atoms with Gasteiger partial charge in [-0.3, -0.25) is 4.79 Å². The van der Waals surface area contributed by atoms with E-state index in [1.807, 2.05) is 6.07 Å². The van der Waals surface area contributed by atoms with Crippen molar-refractivity contribution in [2.75, 3.05) is 13.1 Å². The van der Waals surface area contributed by atoms with Crippen LogP contribution in [0.3, 0.4) is 0 Å². The largest absolute Gasteiger partial charge is 0.315 e. The topological polar surface area (TPSA) is 29.1 Å². The standard InChI is InChI=1S/C21H26NOP/c1-15-8-10-18(11-9-15)19-13-22-14-20(19)21(23)24-16(2)12-17-6-4-3-5-7-17/h3-11,16,19-20,22,24H,12-14H2,1-2H3. The van der Waals surface area contributed by atoms with Crippen LogP contribution in [0.2, 0.25) is 0 Å². The van der Waals surface area contributed by atoms with E-state index < -0.39 is 0 Å². The Morgan fingerprint density at radius 1 is 1.12 bits per heavy atom. The molecule has 1 saturated heterocycles. The van der Waals surface area contributed by atoms with E-state index in [4.69, 9.17) is 0 Å². The number of nitrogens with one attached hydrogen (secondary N) is 1. The minimum Gasteiger partial charge on any atom is -0.315 e. The Kier molecular flexibility index (Phi) is 5.81. The first-order chi connectivity index (χ1) is 11.6. The molecular weight excluding hydrogens is 313 g/mol. The van der Waals surface area contributed by atoms with Crippen LogP contribution in [0.5, 0.6) is 0 Å². The van der Waals surface area contributed by atoms with Gasteiger partial charge in [-0.25, -0.2) is 0 Å². The molecule has 24 heavy (non-hydrogen) atoms. The van der Waals surface area contributed by atoms with E-state index in [0.717, 1.165) is 19.5 Å². The molecule has 126 valence electrons. The molecule has 0 aromatic heterocycles. The highest BCUT2D eigenvalue weighted by atomic mass is 31.1. The molecule has 2 aromatic carbocycles. The van der Waals surface area contributed by atoms with Gasteiger partial charge in [0, 0.05) is 24.9 Å². The lowest BCUT2D eigenvalue weighted by molar-refractivity contribution is -0.114. The first kappa shape index (κ1) is 17.3. The maximum atomic E-state index is 12.9. The van der Waals surface area contributed by atoms with Crippen molar-refractivity contribution >= 4 is 14.1 Å². The highest BCUT2D eigenvalue weighted by Gasteiger charge is 2.34. The average Bonchev–Trinajstić information content (AvgIpc) is 3.06. The Morgan fingerprint density at radius 2 is 1.83 bits per heavy atom. The maximum absolute atomic E-state index is 12.9. The summed E-state index contributed by atoms with van der Waals surface area (Å²) in [7, 11) is 0.389. The summed E-state index contributed by atoms with van der Waals surface area (Å²) in [6.45, 7) is 6.04. The second-order valence-electron chi connectivity index (χ2n) is 6.88. The van der Waals surface area contributed by atoms with E-state index in [2.05, 4.69) is 67.7 Å². The maximum Gasteiger partial charge on any atom is 0.156 e. The summed E-state index contributed by atoms with van der Waals surface area (Å²) < 4.78 is 0. The van der Waals surface area contributed by atoms with Crippen molar-refractivity contribution in [1.29, 1.82) is 0 Å². The molecule has 1 N–H and O–H groups in total. The van der Waals surface area contributed by atoms with Crippen LogP contribution in [-0.4, -0.2) is 24.3 Å². The molecule has 1 heterocycles. The number of carbonyl (C=O) groups excluding carboxylic acids is 1. The van der Waals surface area contributed by atoms with Crippen molar-refractivity contribution in [3.05, 3.63) is 71.3 Å². The molecular formula is C21H26NOP. The Labute approximate surface area is 146 Å². The van der Waals surface area contributed by atoms with Crippen molar-refractivity contribution in [3.8, 4) is 0 Å². The zero-order chi connectivity index (χ0) is 16.9. The molecule has 1 aliphatic heterocycles. The normalized spacial score (nSPS) is 22.1. The first-order valence-electron chi connectivity index (χ1n) is 8.75. The number of rotatable bonds is 6. The van der Waals surface area contributed by atoms with E-state index in [0.29, 0.717) is 25.7 Å². The lowest BCUT2D eigenvalue weighted by Gasteiger charge is -2.20. The summed E-state index contributed by atoms with van der Waals surface area (Å²) in [6.07, 6.45) is 0.986. The van der Waals surface area contributed by atoms with E-state index >= 15 is 0 Å². The van der Waals surface area contributed by atoms with Crippen molar-refractivity contribution in [2.45, 2.75) is 31.8 Å². The predicted octanol–water partition coefficient (Wildman–Crippen LogP) is 4.13. The molecule has 0 aliphatic carbocycles. The summed E-state index contributed by atoms with van der Waals surface area (Å²) in [6, 6.07) is 19.1. The van der Waals surface area contributed by atoms with Crippen LogP contribution < -0.4 is 5.32 Å². The van der Waals surface area contributed by atoms with Crippen LogP contribution in [0.15, 0.2) is 54.6 Å².